The smallest absolute Gasteiger partial charge is 0.313 e. The van der Waals surface area contributed by atoms with Crippen molar-refractivity contribution in [2.45, 2.75) is 13.5 Å². The van der Waals surface area contributed by atoms with Gasteiger partial charge in [-0.2, -0.15) is 0 Å². The monoisotopic (exact) mass is 287 g/mol. The largest absolute Gasteiger partial charge is 0.323 e. The third-order valence-corrected chi connectivity index (χ3v) is 2.95. The van der Waals surface area contributed by atoms with Crippen LogP contribution >= 0.6 is 0 Å². The van der Waals surface area contributed by atoms with Crippen LogP contribution < -0.4 is 16.0 Å². The highest BCUT2D eigenvalue weighted by Gasteiger charge is 2.08. The molecule has 0 fully saturated rings. The second-order valence-corrected chi connectivity index (χ2v) is 4.50. The van der Waals surface area contributed by atoms with Crippen molar-refractivity contribution in [3.05, 3.63) is 59.9 Å². The van der Waals surface area contributed by atoms with Gasteiger partial charge >= 0.3 is 6.03 Å². The first kappa shape index (κ1) is 15.0. The quantitative estimate of drug-likeness (QED) is 0.787. The lowest BCUT2D eigenvalue weighted by Crippen LogP contribution is -2.22. The van der Waals surface area contributed by atoms with Crippen molar-refractivity contribution in [1.82, 2.24) is 5.32 Å². The van der Waals surface area contributed by atoms with Crippen LogP contribution in [-0.4, -0.2) is 12.6 Å². The van der Waals surface area contributed by atoms with Gasteiger partial charge < -0.3 is 16.0 Å². The van der Waals surface area contributed by atoms with Crippen LogP contribution in [0.4, 0.5) is 20.6 Å². The Bertz CT molecular complexity index is 616. The molecule has 0 radical (unpaired) electrons. The van der Waals surface area contributed by atoms with Crippen molar-refractivity contribution < 1.29 is 9.18 Å². The lowest BCUT2D eigenvalue weighted by Gasteiger charge is -2.12. The maximum Gasteiger partial charge on any atom is 0.323 e. The van der Waals surface area contributed by atoms with Gasteiger partial charge in [0.05, 0.1) is 5.69 Å². The van der Waals surface area contributed by atoms with Gasteiger partial charge in [0.2, 0.25) is 0 Å². The molecule has 21 heavy (non-hydrogen) atoms. The van der Waals surface area contributed by atoms with E-state index in [9.17, 15) is 9.18 Å². The molecule has 110 valence electrons. The Labute approximate surface area is 123 Å². The van der Waals surface area contributed by atoms with Crippen molar-refractivity contribution >= 4 is 17.4 Å². The van der Waals surface area contributed by atoms with Crippen LogP contribution in [0.15, 0.2) is 48.5 Å². The van der Waals surface area contributed by atoms with Gasteiger partial charge in [-0.25, -0.2) is 9.18 Å². The van der Waals surface area contributed by atoms with E-state index < -0.39 is 11.8 Å². The van der Waals surface area contributed by atoms with Gasteiger partial charge in [0.1, 0.15) is 5.82 Å². The lowest BCUT2D eigenvalue weighted by atomic mass is 10.2. The highest BCUT2D eigenvalue weighted by atomic mass is 19.1. The molecule has 0 aliphatic rings. The molecule has 0 aromatic heterocycles. The number of urea groups is 1. The van der Waals surface area contributed by atoms with Crippen LogP contribution in [0.25, 0.3) is 0 Å². The van der Waals surface area contributed by atoms with Gasteiger partial charge in [0.15, 0.2) is 0 Å². The Kier molecular flexibility index (Phi) is 5.29. The van der Waals surface area contributed by atoms with E-state index in [2.05, 4.69) is 16.0 Å². The van der Waals surface area contributed by atoms with Crippen molar-refractivity contribution in [3.8, 4) is 0 Å². The van der Waals surface area contributed by atoms with E-state index >= 15 is 0 Å². The Morgan fingerprint density at radius 3 is 2.33 bits per heavy atom. The molecule has 3 N–H and O–H groups in total. The van der Waals surface area contributed by atoms with Crippen LogP contribution in [0, 0.1) is 5.82 Å². The van der Waals surface area contributed by atoms with Gasteiger partial charge in [-0.3, -0.25) is 0 Å². The second kappa shape index (κ2) is 7.40. The van der Waals surface area contributed by atoms with E-state index in [4.69, 9.17) is 0 Å². The number of carbonyl (C=O) groups is 1. The Hall–Kier alpha value is -2.40. The minimum atomic E-state index is -0.468. The summed E-state index contributed by atoms with van der Waals surface area (Å²) >= 11 is 0. The maximum atomic E-state index is 13.5. The Morgan fingerprint density at radius 2 is 1.62 bits per heavy atom. The minimum absolute atomic E-state index is 0.152. The number of benzene rings is 2. The van der Waals surface area contributed by atoms with Crippen molar-refractivity contribution in [2.75, 3.05) is 17.2 Å². The number of hydrogen-bond donors (Lipinski definition) is 3. The van der Waals surface area contributed by atoms with E-state index in [1.807, 2.05) is 31.2 Å². The van der Waals surface area contributed by atoms with E-state index in [1.54, 1.807) is 12.1 Å². The Balaban J connectivity index is 2.04. The molecule has 4 nitrogen and oxygen atoms in total. The van der Waals surface area contributed by atoms with Gasteiger partial charge in [-0.1, -0.05) is 37.3 Å². The van der Waals surface area contributed by atoms with Crippen molar-refractivity contribution in [1.29, 1.82) is 0 Å². The van der Waals surface area contributed by atoms with Crippen LogP contribution in [0.1, 0.15) is 12.5 Å². The topological polar surface area (TPSA) is 53.2 Å². The first-order valence-corrected chi connectivity index (χ1v) is 6.82. The molecule has 2 aromatic carbocycles. The van der Waals surface area contributed by atoms with E-state index in [-0.39, 0.29) is 5.69 Å². The van der Waals surface area contributed by atoms with Crippen LogP contribution in [0.2, 0.25) is 0 Å². The highest BCUT2D eigenvalue weighted by Crippen LogP contribution is 2.16. The molecule has 0 saturated heterocycles. The standard InChI is InChI=1S/C16H18FN3O/c1-2-18-11-12-7-3-5-9-14(12)19-16(21)20-15-10-6-4-8-13(15)17/h3-10,18H,2,11H2,1H3,(H2,19,20,21). The highest BCUT2D eigenvalue weighted by molar-refractivity contribution is 6.00. The van der Waals surface area contributed by atoms with E-state index in [0.717, 1.165) is 12.1 Å². The number of hydrogen-bond acceptors (Lipinski definition) is 2. The molecule has 2 aromatic rings. The zero-order valence-electron chi connectivity index (χ0n) is 11.8. The average Bonchev–Trinajstić information content (AvgIpc) is 2.49. The Morgan fingerprint density at radius 1 is 1.00 bits per heavy atom. The average molecular weight is 287 g/mol. The zero-order chi connectivity index (χ0) is 15.1. The van der Waals surface area contributed by atoms with Crippen LogP contribution in [0.5, 0.6) is 0 Å². The van der Waals surface area contributed by atoms with Crippen molar-refractivity contribution in [2.24, 2.45) is 0 Å². The summed E-state index contributed by atoms with van der Waals surface area (Å²) in [5, 5.41) is 8.44. The molecule has 0 unspecified atom stereocenters. The SMILES string of the molecule is CCNCc1ccccc1NC(=O)Nc1ccccc1F. The van der Waals surface area contributed by atoms with Gasteiger partial charge in [-0.05, 0) is 30.3 Å². The summed E-state index contributed by atoms with van der Waals surface area (Å²) in [6.07, 6.45) is 0. The number of para-hydroxylation sites is 2. The molecule has 0 atom stereocenters. The van der Waals surface area contributed by atoms with E-state index in [1.165, 1.54) is 12.1 Å². The summed E-state index contributed by atoms with van der Waals surface area (Å²) in [5.41, 5.74) is 1.83. The molecular formula is C16H18FN3O. The molecule has 0 aliphatic heterocycles. The van der Waals surface area contributed by atoms with Gasteiger partial charge in [0.25, 0.3) is 0 Å². The number of rotatable bonds is 5. The zero-order valence-corrected chi connectivity index (χ0v) is 11.8. The number of anilines is 2. The summed E-state index contributed by atoms with van der Waals surface area (Å²) in [5.74, 6) is -0.464. The molecule has 0 spiro atoms. The fourth-order valence-electron chi connectivity index (χ4n) is 1.89. The summed E-state index contributed by atoms with van der Waals surface area (Å²) in [7, 11) is 0. The van der Waals surface area contributed by atoms with Gasteiger partial charge in [0, 0.05) is 12.2 Å². The number of nitrogens with one attached hydrogen (secondary N) is 3. The first-order chi connectivity index (χ1) is 10.2. The molecule has 2 amide bonds. The molecule has 0 saturated carbocycles. The molecule has 0 heterocycles. The predicted molar refractivity (Wildman–Crippen MR) is 82.9 cm³/mol. The summed E-state index contributed by atoms with van der Waals surface area (Å²) in [6.45, 7) is 3.52. The fraction of sp³-hybridized carbons (Fsp3) is 0.188. The third kappa shape index (κ3) is 4.29. The summed E-state index contributed by atoms with van der Waals surface area (Å²) in [4.78, 5) is 12.0. The van der Waals surface area contributed by atoms with Crippen molar-refractivity contribution in [3.63, 3.8) is 0 Å². The number of carbonyl (C=O) groups excluding carboxylic acids is 1. The summed E-state index contributed by atoms with van der Waals surface area (Å²) < 4.78 is 13.5. The molecular weight excluding hydrogens is 269 g/mol. The second-order valence-electron chi connectivity index (χ2n) is 4.50. The van der Waals surface area contributed by atoms with Gasteiger partial charge in [-0.15, -0.1) is 0 Å². The van der Waals surface area contributed by atoms with Crippen LogP contribution in [0.3, 0.4) is 0 Å². The first-order valence-electron chi connectivity index (χ1n) is 6.82. The maximum absolute atomic E-state index is 13.5. The van der Waals surface area contributed by atoms with E-state index in [0.29, 0.717) is 12.2 Å². The third-order valence-electron chi connectivity index (χ3n) is 2.95. The number of amides is 2. The minimum Gasteiger partial charge on any atom is -0.313 e. The molecule has 5 heteroatoms. The number of halogens is 1. The predicted octanol–water partition coefficient (Wildman–Crippen LogP) is 3.58. The van der Waals surface area contributed by atoms with Crippen LogP contribution in [-0.2, 0) is 6.54 Å². The lowest BCUT2D eigenvalue weighted by molar-refractivity contribution is 0.262. The normalized spacial score (nSPS) is 10.2. The summed E-state index contributed by atoms with van der Waals surface area (Å²) in [6, 6.07) is 13.1. The molecule has 2 rings (SSSR count). The fourth-order valence-corrected chi connectivity index (χ4v) is 1.89. The molecule has 0 aliphatic carbocycles. The molecule has 0 bridgehead atoms.